The van der Waals surface area contributed by atoms with Crippen LogP contribution in [-0.4, -0.2) is 36.3 Å². The third-order valence-corrected chi connectivity index (χ3v) is 4.87. The SMILES string of the molecule is COc1cccc(NC(=O)c2nnc(N3CCCCC3)c3ccccc23)c1. The van der Waals surface area contributed by atoms with Crippen LogP contribution in [0.4, 0.5) is 11.5 Å². The van der Waals surface area contributed by atoms with Crippen LogP contribution in [0.15, 0.2) is 48.5 Å². The van der Waals surface area contributed by atoms with Crippen molar-refractivity contribution in [3.8, 4) is 5.75 Å². The molecule has 0 spiro atoms. The van der Waals surface area contributed by atoms with E-state index in [-0.39, 0.29) is 5.91 Å². The Balaban J connectivity index is 1.68. The molecule has 0 bridgehead atoms. The van der Waals surface area contributed by atoms with Gasteiger partial charge in [0.25, 0.3) is 5.91 Å². The monoisotopic (exact) mass is 362 g/mol. The van der Waals surface area contributed by atoms with Gasteiger partial charge in [-0.1, -0.05) is 30.3 Å². The van der Waals surface area contributed by atoms with Gasteiger partial charge in [-0.05, 0) is 31.4 Å². The summed E-state index contributed by atoms with van der Waals surface area (Å²) in [5, 5.41) is 13.4. The third-order valence-electron chi connectivity index (χ3n) is 4.87. The van der Waals surface area contributed by atoms with E-state index in [0.717, 1.165) is 42.5 Å². The molecule has 0 saturated carbocycles. The highest BCUT2D eigenvalue weighted by Crippen LogP contribution is 2.28. The summed E-state index contributed by atoms with van der Waals surface area (Å²) in [6.45, 7) is 1.96. The first-order valence-corrected chi connectivity index (χ1v) is 9.22. The molecule has 0 aliphatic carbocycles. The fraction of sp³-hybridized carbons (Fsp3) is 0.286. The van der Waals surface area contributed by atoms with E-state index in [1.807, 2.05) is 42.5 Å². The lowest BCUT2D eigenvalue weighted by atomic mass is 10.1. The van der Waals surface area contributed by atoms with Crippen molar-refractivity contribution in [1.29, 1.82) is 0 Å². The molecule has 1 fully saturated rings. The highest BCUT2D eigenvalue weighted by atomic mass is 16.5. The summed E-state index contributed by atoms with van der Waals surface area (Å²) in [7, 11) is 1.60. The Kier molecular flexibility index (Phi) is 4.87. The number of amides is 1. The van der Waals surface area contributed by atoms with Gasteiger partial charge in [0.05, 0.1) is 7.11 Å². The highest BCUT2D eigenvalue weighted by Gasteiger charge is 2.20. The topological polar surface area (TPSA) is 67.3 Å². The lowest BCUT2D eigenvalue weighted by Gasteiger charge is -2.28. The molecule has 1 N–H and O–H groups in total. The van der Waals surface area contributed by atoms with Gasteiger partial charge in [-0.2, -0.15) is 0 Å². The van der Waals surface area contributed by atoms with E-state index in [4.69, 9.17) is 4.74 Å². The Bertz CT molecular complexity index is 967. The molecule has 3 aromatic rings. The molecule has 1 aliphatic rings. The van der Waals surface area contributed by atoms with Gasteiger partial charge < -0.3 is 15.0 Å². The van der Waals surface area contributed by atoms with Crippen molar-refractivity contribution in [1.82, 2.24) is 10.2 Å². The number of carbonyl (C=O) groups is 1. The van der Waals surface area contributed by atoms with Crippen LogP contribution in [0.2, 0.25) is 0 Å². The van der Waals surface area contributed by atoms with E-state index in [9.17, 15) is 4.79 Å². The summed E-state index contributed by atoms with van der Waals surface area (Å²) in [6, 6.07) is 15.1. The Hall–Kier alpha value is -3.15. The van der Waals surface area contributed by atoms with Crippen molar-refractivity contribution in [3.63, 3.8) is 0 Å². The molecule has 2 heterocycles. The van der Waals surface area contributed by atoms with Crippen LogP contribution < -0.4 is 15.0 Å². The molecule has 0 unspecified atom stereocenters. The van der Waals surface area contributed by atoms with E-state index in [1.165, 1.54) is 6.42 Å². The average Bonchev–Trinajstić information content (AvgIpc) is 2.73. The lowest BCUT2D eigenvalue weighted by Crippen LogP contribution is -2.31. The van der Waals surface area contributed by atoms with Crippen molar-refractivity contribution >= 4 is 28.2 Å². The molecule has 6 nitrogen and oxygen atoms in total. The third kappa shape index (κ3) is 3.56. The number of aromatic nitrogens is 2. The number of nitrogens with zero attached hydrogens (tertiary/aromatic N) is 3. The molecule has 2 aromatic carbocycles. The zero-order valence-electron chi connectivity index (χ0n) is 15.3. The standard InChI is InChI=1S/C21H22N4O2/c1-27-16-9-7-8-15(14-16)22-21(26)19-17-10-3-4-11-18(17)20(24-23-19)25-12-5-2-6-13-25/h3-4,7-11,14H,2,5-6,12-13H2,1H3,(H,22,26). The summed E-state index contributed by atoms with van der Waals surface area (Å²) in [5.74, 6) is 1.27. The Morgan fingerprint density at radius 3 is 2.56 bits per heavy atom. The molecule has 0 atom stereocenters. The summed E-state index contributed by atoms with van der Waals surface area (Å²) in [5.41, 5.74) is 0.986. The molecule has 6 heteroatoms. The molecule has 1 amide bonds. The maximum atomic E-state index is 12.8. The summed E-state index contributed by atoms with van der Waals surface area (Å²) >= 11 is 0. The molecular formula is C21H22N4O2. The number of ether oxygens (including phenoxy) is 1. The van der Waals surface area contributed by atoms with Crippen LogP contribution in [-0.2, 0) is 0 Å². The van der Waals surface area contributed by atoms with Crippen LogP contribution >= 0.6 is 0 Å². The van der Waals surface area contributed by atoms with Gasteiger partial charge in [-0.3, -0.25) is 4.79 Å². The van der Waals surface area contributed by atoms with Gasteiger partial charge >= 0.3 is 0 Å². The summed E-state index contributed by atoms with van der Waals surface area (Å²) in [4.78, 5) is 15.1. The number of methoxy groups -OCH3 is 1. The molecular weight excluding hydrogens is 340 g/mol. The minimum Gasteiger partial charge on any atom is -0.497 e. The van der Waals surface area contributed by atoms with E-state index in [2.05, 4.69) is 20.4 Å². The number of carbonyl (C=O) groups excluding carboxylic acids is 1. The first-order valence-electron chi connectivity index (χ1n) is 9.22. The van der Waals surface area contributed by atoms with E-state index < -0.39 is 0 Å². The predicted octanol–water partition coefficient (Wildman–Crippen LogP) is 3.88. The number of rotatable bonds is 4. The van der Waals surface area contributed by atoms with E-state index >= 15 is 0 Å². The Morgan fingerprint density at radius 1 is 1.00 bits per heavy atom. The second kappa shape index (κ2) is 7.61. The van der Waals surface area contributed by atoms with Crippen molar-refractivity contribution in [2.75, 3.05) is 30.4 Å². The number of nitrogens with one attached hydrogen (secondary N) is 1. The highest BCUT2D eigenvalue weighted by molar-refractivity contribution is 6.12. The summed E-state index contributed by atoms with van der Waals surface area (Å²) < 4.78 is 5.21. The molecule has 1 aromatic heterocycles. The van der Waals surface area contributed by atoms with Gasteiger partial charge in [0.1, 0.15) is 5.75 Å². The van der Waals surface area contributed by atoms with Gasteiger partial charge in [0.2, 0.25) is 0 Å². The maximum Gasteiger partial charge on any atom is 0.276 e. The Morgan fingerprint density at radius 2 is 1.78 bits per heavy atom. The number of anilines is 2. The first-order chi connectivity index (χ1) is 13.3. The maximum absolute atomic E-state index is 12.8. The molecule has 0 radical (unpaired) electrons. The molecule has 4 rings (SSSR count). The number of hydrogen-bond acceptors (Lipinski definition) is 5. The van der Waals surface area contributed by atoms with Gasteiger partial charge in [-0.15, -0.1) is 10.2 Å². The second-order valence-electron chi connectivity index (χ2n) is 6.65. The predicted molar refractivity (Wildman–Crippen MR) is 107 cm³/mol. The van der Waals surface area contributed by atoms with Gasteiger partial charge in [-0.25, -0.2) is 0 Å². The molecule has 27 heavy (non-hydrogen) atoms. The number of benzene rings is 2. The van der Waals surface area contributed by atoms with E-state index in [1.54, 1.807) is 13.2 Å². The average molecular weight is 362 g/mol. The fourth-order valence-corrected chi connectivity index (χ4v) is 3.49. The van der Waals surface area contributed by atoms with Crippen LogP contribution in [0.5, 0.6) is 5.75 Å². The van der Waals surface area contributed by atoms with Crippen LogP contribution in [0.1, 0.15) is 29.8 Å². The zero-order valence-corrected chi connectivity index (χ0v) is 15.3. The largest absolute Gasteiger partial charge is 0.497 e. The van der Waals surface area contributed by atoms with Crippen LogP contribution in [0, 0.1) is 0 Å². The molecule has 1 saturated heterocycles. The normalized spacial score (nSPS) is 14.2. The minimum absolute atomic E-state index is 0.280. The minimum atomic E-state index is -0.280. The lowest BCUT2D eigenvalue weighted by molar-refractivity contribution is 0.102. The van der Waals surface area contributed by atoms with Crippen LogP contribution in [0.25, 0.3) is 10.8 Å². The van der Waals surface area contributed by atoms with Crippen LogP contribution in [0.3, 0.4) is 0 Å². The number of piperidine rings is 1. The van der Waals surface area contributed by atoms with Crippen molar-refractivity contribution in [2.45, 2.75) is 19.3 Å². The quantitative estimate of drug-likeness (QED) is 0.763. The van der Waals surface area contributed by atoms with Crippen molar-refractivity contribution in [3.05, 3.63) is 54.2 Å². The zero-order chi connectivity index (χ0) is 18.6. The Labute approximate surface area is 158 Å². The van der Waals surface area contributed by atoms with Gasteiger partial charge in [0, 0.05) is 35.6 Å². The number of hydrogen-bond donors (Lipinski definition) is 1. The first kappa shape index (κ1) is 17.3. The van der Waals surface area contributed by atoms with Gasteiger partial charge in [0.15, 0.2) is 11.5 Å². The number of fused-ring (bicyclic) bond motifs is 1. The fourth-order valence-electron chi connectivity index (χ4n) is 3.49. The molecule has 1 aliphatic heterocycles. The van der Waals surface area contributed by atoms with E-state index in [0.29, 0.717) is 17.1 Å². The summed E-state index contributed by atoms with van der Waals surface area (Å²) in [6.07, 6.45) is 3.57. The van der Waals surface area contributed by atoms with Crippen molar-refractivity contribution in [2.24, 2.45) is 0 Å². The second-order valence-corrected chi connectivity index (χ2v) is 6.65. The smallest absolute Gasteiger partial charge is 0.276 e. The molecule has 138 valence electrons. The van der Waals surface area contributed by atoms with Crippen molar-refractivity contribution < 1.29 is 9.53 Å².